The fourth-order valence-electron chi connectivity index (χ4n) is 2.23. The summed E-state index contributed by atoms with van der Waals surface area (Å²) in [5.74, 6) is 0. The van der Waals surface area contributed by atoms with Gasteiger partial charge in [0.1, 0.15) is 12.1 Å². The van der Waals surface area contributed by atoms with Crippen molar-refractivity contribution in [3.05, 3.63) is 48.3 Å². The van der Waals surface area contributed by atoms with Gasteiger partial charge in [0.05, 0.1) is 17.3 Å². The quantitative estimate of drug-likeness (QED) is 0.680. The number of rotatable bonds is 3. The van der Waals surface area contributed by atoms with Gasteiger partial charge in [-0.15, -0.1) is 0 Å². The van der Waals surface area contributed by atoms with Crippen LogP contribution in [0.2, 0.25) is 0 Å². The summed E-state index contributed by atoms with van der Waals surface area (Å²) in [5, 5.41) is 3.40. The summed E-state index contributed by atoms with van der Waals surface area (Å²) >= 11 is 5.35. The number of benzene rings is 1. The van der Waals surface area contributed by atoms with Gasteiger partial charge in [0.2, 0.25) is 5.24 Å². The van der Waals surface area contributed by atoms with Crippen molar-refractivity contribution in [2.24, 2.45) is 0 Å². The van der Waals surface area contributed by atoms with Crippen molar-refractivity contribution < 1.29 is 18.0 Å². The molecular weight excluding hydrogens is 331 g/mol. The summed E-state index contributed by atoms with van der Waals surface area (Å²) in [6, 6.07) is 6.58. The number of carbonyl (C=O) groups excluding carboxylic acids is 1. The van der Waals surface area contributed by atoms with E-state index in [1.54, 1.807) is 12.1 Å². The molecule has 0 saturated carbocycles. The van der Waals surface area contributed by atoms with Crippen molar-refractivity contribution in [3.63, 3.8) is 0 Å². The Morgan fingerprint density at radius 2 is 1.96 bits per heavy atom. The molecule has 118 valence electrons. The third kappa shape index (κ3) is 3.19. The average Bonchev–Trinajstić information content (AvgIpc) is 2.88. The van der Waals surface area contributed by atoms with E-state index in [1.165, 1.54) is 23.1 Å². The Morgan fingerprint density at radius 1 is 1.17 bits per heavy atom. The first-order chi connectivity index (χ1) is 10.8. The first-order valence-electron chi connectivity index (χ1n) is 6.52. The smallest absolute Gasteiger partial charge is 0.279 e. The number of hydrogen-bond acceptors (Lipinski definition) is 3. The summed E-state index contributed by atoms with van der Waals surface area (Å²) in [6.45, 7) is -0.140. The largest absolute Gasteiger partial charge is 0.416 e. The van der Waals surface area contributed by atoms with Crippen LogP contribution < -0.4 is 0 Å². The minimum atomic E-state index is -4.42. The Morgan fingerprint density at radius 3 is 2.65 bits per heavy atom. The summed E-state index contributed by atoms with van der Waals surface area (Å²) in [7, 11) is 0. The molecule has 0 spiro atoms. The summed E-state index contributed by atoms with van der Waals surface area (Å²) in [6.07, 6.45) is -1.49. The minimum absolute atomic E-state index is 0.140. The van der Waals surface area contributed by atoms with Gasteiger partial charge in [-0.2, -0.15) is 18.3 Å². The van der Waals surface area contributed by atoms with Crippen LogP contribution in [-0.4, -0.2) is 20.0 Å². The number of aromatic nitrogens is 3. The van der Waals surface area contributed by atoms with Crippen molar-refractivity contribution in [2.45, 2.75) is 12.7 Å². The Hall–Kier alpha value is -2.41. The fraction of sp³-hybridized carbons (Fsp3) is 0.133. The second-order valence-corrected chi connectivity index (χ2v) is 5.29. The van der Waals surface area contributed by atoms with Crippen LogP contribution in [0.15, 0.2) is 42.7 Å². The molecule has 0 aliphatic carbocycles. The SMILES string of the molecule is O=C(Cl)Cn1ncc2ncc(-c3cccc(C(F)(F)F)c3)cc21. The predicted octanol–water partition coefficient (Wildman–Crippen LogP) is 3.88. The zero-order valence-electron chi connectivity index (χ0n) is 11.5. The van der Waals surface area contributed by atoms with E-state index in [0.29, 0.717) is 22.2 Å². The molecule has 1 aromatic carbocycles. The van der Waals surface area contributed by atoms with Crippen molar-refractivity contribution in [3.8, 4) is 11.1 Å². The van der Waals surface area contributed by atoms with Crippen LogP contribution in [0.5, 0.6) is 0 Å². The normalized spacial score (nSPS) is 11.8. The molecule has 0 atom stereocenters. The second-order valence-electron chi connectivity index (χ2n) is 4.86. The van der Waals surface area contributed by atoms with Gasteiger partial charge in [0, 0.05) is 11.8 Å². The van der Waals surface area contributed by atoms with E-state index in [2.05, 4.69) is 10.1 Å². The fourth-order valence-corrected chi connectivity index (χ4v) is 2.35. The Balaban J connectivity index is 2.08. The maximum absolute atomic E-state index is 12.8. The molecule has 0 fully saturated rings. The molecule has 0 bridgehead atoms. The van der Waals surface area contributed by atoms with E-state index in [-0.39, 0.29) is 6.54 Å². The maximum atomic E-state index is 12.8. The van der Waals surface area contributed by atoms with Crippen molar-refractivity contribution in [1.29, 1.82) is 0 Å². The van der Waals surface area contributed by atoms with E-state index in [9.17, 15) is 18.0 Å². The van der Waals surface area contributed by atoms with Gasteiger partial charge in [0.15, 0.2) is 0 Å². The van der Waals surface area contributed by atoms with E-state index in [0.717, 1.165) is 12.1 Å². The molecule has 3 aromatic rings. The van der Waals surface area contributed by atoms with Crippen LogP contribution in [0.4, 0.5) is 13.2 Å². The molecule has 3 rings (SSSR count). The van der Waals surface area contributed by atoms with Crippen LogP contribution in [-0.2, 0) is 17.5 Å². The van der Waals surface area contributed by atoms with Crippen LogP contribution >= 0.6 is 11.6 Å². The third-order valence-corrected chi connectivity index (χ3v) is 3.41. The summed E-state index contributed by atoms with van der Waals surface area (Å²) in [5.41, 5.74) is 1.18. The molecule has 0 unspecified atom stereocenters. The van der Waals surface area contributed by atoms with Crippen LogP contribution in [0.3, 0.4) is 0 Å². The molecule has 23 heavy (non-hydrogen) atoms. The highest BCUT2D eigenvalue weighted by molar-refractivity contribution is 6.63. The molecule has 0 N–H and O–H groups in total. The summed E-state index contributed by atoms with van der Waals surface area (Å²) in [4.78, 5) is 15.2. The van der Waals surface area contributed by atoms with Gasteiger partial charge in [0.25, 0.3) is 0 Å². The Bertz CT molecular complexity index is 889. The highest BCUT2D eigenvalue weighted by Gasteiger charge is 2.30. The van der Waals surface area contributed by atoms with Gasteiger partial charge < -0.3 is 0 Å². The molecule has 2 heterocycles. The zero-order chi connectivity index (χ0) is 16.6. The monoisotopic (exact) mass is 339 g/mol. The molecule has 2 aromatic heterocycles. The average molecular weight is 340 g/mol. The van der Waals surface area contributed by atoms with E-state index in [4.69, 9.17) is 11.6 Å². The first kappa shape index (κ1) is 15.5. The van der Waals surface area contributed by atoms with Crippen LogP contribution in [0, 0.1) is 0 Å². The molecule has 4 nitrogen and oxygen atoms in total. The van der Waals surface area contributed by atoms with Gasteiger partial charge >= 0.3 is 6.18 Å². The molecule has 0 saturated heterocycles. The second kappa shape index (κ2) is 5.66. The lowest BCUT2D eigenvalue weighted by Crippen LogP contribution is -2.06. The van der Waals surface area contributed by atoms with Crippen LogP contribution in [0.25, 0.3) is 22.2 Å². The third-order valence-electron chi connectivity index (χ3n) is 3.29. The molecule has 0 radical (unpaired) electrons. The number of carbonyl (C=O) groups is 1. The molecule has 0 aliphatic rings. The highest BCUT2D eigenvalue weighted by Crippen LogP contribution is 2.32. The number of halogens is 4. The zero-order valence-corrected chi connectivity index (χ0v) is 12.3. The molecule has 0 aliphatic heterocycles. The minimum Gasteiger partial charge on any atom is -0.279 e. The van der Waals surface area contributed by atoms with Crippen molar-refractivity contribution in [1.82, 2.24) is 14.8 Å². The molecule has 8 heteroatoms. The number of hydrogen-bond donors (Lipinski definition) is 0. The Labute approximate surface area is 133 Å². The van der Waals surface area contributed by atoms with Gasteiger partial charge in [-0.1, -0.05) is 12.1 Å². The van der Waals surface area contributed by atoms with Crippen molar-refractivity contribution in [2.75, 3.05) is 0 Å². The van der Waals surface area contributed by atoms with Gasteiger partial charge in [-0.25, -0.2) is 0 Å². The molecule has 0 amide bonds. The lowest BCUT2D eigenvalue weighted by molar-refractivity contribution is -0.137. The van der Waals surface area contributed by atoms with Gasteiger partial charge in [-0.05, 0) is 35.4 Å². The van der Waals surface area contributed by atoms with Gasteiger partial charge in [-0.3, -0.25) is 14.5 Å². The van der Waals surface area contributed by atoms with E-state index < -0.39 is 17.0 Å². The first-order valence-corrected chi connectivity index (χ1v) is 6.90. The van der Waals surface area contributed by atoms with E-state index >= 15 is 0 Å². The number of nitrogens with zero attached hydrogens (tertiary/aromatic N) is 3. The number of alkyl halides is 3. The number of pyridine rings is 1. The standard InChI is InChI=1S/C15H9ClF3N3O/c16-14(23)8-22-13-5-10(6-20-12(13)7-21-22)9-2-1-3-11(4-9)15(17,18)19/h1-7H,8H2. The predicted molar refractivity (Wildman–Crippen MR) is 78.8 cm³/mol. The van der Waals surface area contributed by atoms with Crippen molar-refractivity contribution >= 4 is 27.9 Å². The Kier molecular flexibility index (Phi) is 3.81. The molecular formula is C15H9ClF3N3O. The number of fused-ring (bicyclic) bond motifs is 1. The topological polar surface area (TPSA) is 47.8 Å². The lowest BCUT2D eigenvalue weighted by atomic mass is 10.0. The maximum Gasteiger partial charge on any atom is 0.416 e. The summed E-state index contributed by atoms with van der Waals surface area (Å²) < 4.78 is 39.8. The van der Waals surface area contributed by atoms with E-state index in [1.807, 2.05) is 0 Å². The highest BCUT2D eigenvalue weighted by atomic mass is 35.5. The lowest BCUT2D eigenvalue weighted by Gasteiger charge is -2.09. The van der Waals surface area contributed by atoms with Crippen LogP contribution in [0.1, 0.15) is 5.56 Å².